The lowest BCUT2D eigenvalue weighted by Crippen LogP contribution is -2.28. The van der Waals surface area contributed by atoms with Crippen LogP contribution in [0.1, 0.15) is 0 Å². The molecule has 5 heteroatoms. The molecule has 108 valence electrons. The summed E-state index contributed by atoms with van der Waals surface area (Å²) in [7, 11) is 3.71. The number of benzene rings is 2. The minimum absolute atomic E-state index is 0.600. The molecule has 2 heterocycles. The molecule has 1 aliphatic heterocycles. The van der Waals surface area contributed by atoms with Crippen molar-refractivity contribution in [1.82, 2.24) is 4.98 Å². The van der Waals surface area contributed by atoms with E-state index in [2.05, 4.69) is 29.1 Å². The molecule has 0 saturated heterocycles. The molecular formula is C16H15ClN2O2. The van der Waals surface area contributed by atoms with Gasteiger partial charge in [0.15, 0.2) is 11.5 Å². The normalized spacial score (nSPS) is 14.3. The fourth-order valence-electron chi connectivity index (χ4n) is 3.00. The highest BCUT2D eigenvalue weighted by Gasteiger charge is 2.21. The first-order valence-electron chi connectivity index (χ1n) is 6.85. The number of nitrogens with zero attached hydrogens (tertiary/aromatic N) is 1. The molecule has 0 spiro atoms. The minimum atomic E-state index is 0.600. The van der Waals surface area contributed by atoms with E-state index < -0.39 is 0 Å². The Kier molecular flexibility index (Phi) is 2.69. The minimum Gasteiger partial charge on any atom is -0.493 e. The van der Waals surface area contributed by atoms with Gasteiger partial charge in [0.05, 0.1) is 35.4 Å². The Morgan fingerprint density at radius 2 is 1.95 bits per heavy atom. The van der Waals surface area contributed by atoms with E-state index in [1.54, 1.807) is 7.11 Å². The van der Waals surface area contributed by atoms with Gasteiger partial charge in [-0.25, -0.2) is 0 Å². The zero-order valence-corrected chi connectivity index (χ0v) is 12.6. The molecule has 0 atom stereocenters. The molecule has 0 radical (unpaired) electrons. The monoisotopic (exact) mass is 302 g/mol. The Hall–Kier alpha value is -2.07. The van der Waals surface area contributed by atoms with Crippen molar-refractivity contribution in [1.29, 1.82) is 0 Å². The number of methoxy groups -OCH3 is 1. The number of fused-ring (bicyclic) bond motifs is 5. The Balaban J connectivity index is 2.12. The number of H-pyrrole nitrogens is 1. The van der Waals surface area contributed by atoms with Gasteiger partial charge in [0.2, 0.25) is 0 Å². The van der Waals surface area contributed by atoms with Crippen LogP contribution >= 0.6 is 11.6 Å². The molecule has 3 aromatic rings. The van der Waals surface area contributed by atoms with Gasteiger partial charge in [0, 0.05) is 17.8 Å². The highest BCUT2D eigenvalue weighted by molar-refractivity contribution is 6.33. The van der Waals surface area contributed by atoms with Crippen molar-refractivity contribution in [2.24, 2.45) is 0 Å². The molecule has 4 nitrogen and oxygen atoms in total. The molecule has 0 fully saturated rings. The third kappa shape index (κ3) is 1.69. The number of anilines is 1. The quantitative estimate of drug-likeness (QED) is 0.742. The predicted molar refractivity (Wildman–Crippen MR) is 86.1 cm³/mol. The number of ether oxygens (including phenoxy) is 2. The fraction of sp³-hybridized carbons (Fsp3) is 0.250. The molecule has 4 rings (SSSR count). The van der Waals surface area contributed by atoms with E-state index in [0.29, 0.717) is 17.4 Å². The zero-order valence-electron chi connectivity index (χ0n) is 11.9. The van der Waals surface area contributed by atoms with E-state index >= 15 is 0 Å². The van der Waals surface area contributed by atoms with Gasteiger partial charge in [-0.3, -0.25) is 0 Å². The molecule has 21 heavy (non-hydrogen) atoms. The molecule has 0 amide bonds. The van der Waals surface area contributed by atoms with Gasteiger partial charge < -0.3 is 19.4 Å². The maximum absolute atomic E-state index is 6.21. The molecule has 0 aliphatic carbocycles. The molecule has 1 aliphatic rings. The smallest absolute Gasteiger partial charge is 0.166 e. The first kappa shape index (κ1) is 12.7. The van der Waals surface area contributed by atoms with Crippen molar-refractivity contribution in [2.75, 3.05) is 32.2 Å². The van der Waals surface area contributed by atoms with Crippen molar-refractivity contribution in [3.63, 3.8) is 0 Å². The number of halogens is 1. The van der Waals surface area contributed by atoms with Crippen LogP contribution in [0.2, 0.25) is 5.02 Å². The number of hydrogen-bond acceptors (Lipinski definition) is 3. The lowest BCUT2D eigenvalue weighted by Gasteiger charge is -2.27. The Labute approximate surface area is 127 Å². The van der Waals surface area contributed by atoms with Crippen LogP contribution in [-0.4, -0.2) is 32.3 Å². The number of nitrogens with one attached hydrogen (secondary N) is 1. The molecule has 0 saturated carbocycles. The summed E-state index contributed by atoms with van der Waals surface area (Å²) >= 11 is 6.21. The van der Waals surface area contributed by atoms with Gasteiger partial charge in [0.1, 0.15) is 6.61 Å². The van der Waals surface area contributed by atoms with Crippen LogP contribution in [0, 0.1) is 0 Å². The lowest BCUT2D eigenvalue weighted by atomic mass is 10.1. The van der Waals surface area contributed by atoms with Crippen molar-refractivity contribution < 1.29 is 9.47 Å². The summed E-state index contributed by atoms with van der Waals surface area (Å²) in [5.74, 6) is 1.57. The molecule has 0 unspecified atom stereocenters. The third-order valence-corrected chi connectivity index (χ3v) is 4.37. The maximum atomic E-state index is 6.21. The zero-order chi connectivity index (χ0) is 14.6. The van der Waals surface area contributed by atoms with E-state index in [1.165, 1.54) is 0 Å². The highest BCUT2D eigenvalue weighted by atomic mass is 35.5. The van der Waals surface area contributed by atoms with Crippen molar-refractivity contribution >= 4 is 39.1 Å². The second kappa shape index (κ2) is 4.46. The van der Waals surface area contributed by atoms with Crippen molar-refractivity contribution in [2.45, 2.75) is 0 Å². The second-order valence-electron chi connectivity index (χ2n) is 5.23. The van der Waals surface area contributed by atoms with Crippen LogP contribution in [0.5, 0.6) is 11.5 Å². The van der Waals surface area contributed by atoms with Crippen molar-refractivity contribution in [3.8, 4) is 11.5 Å². The topological polar surface area (TPSA) is 37.5 Å². The predicted octanol–water partition coefficient (Wildman–Crippen LogP) is 3.81. The van der Waals surface area contributed by atoms with Crippen LogP contribution in [0.15, 0.2) is 24.3 Å². The van der Waals surface area contributed by atoms with Crippen LogP contribution in [-0.2, 0) is 0 Å². The largest absolute Gasteiger partial charge is 0.493 e. The maximum Gasteiger partial charge on any atom is 0.166 e. The van der Waals surface area contributed by atoms with Gasteiger partial charge in [0.25, 0.3) is 0 Å². The SMILES string of the molecule is COc1c(Cl)ccc2c1[nH]c1c3c(ccc12)N(C)CCO3. The standard InChI is InChI=1S/C16H15ClN2O2/c1-19-7-8-21-16-12(19)6-4-10-9-3-5-11(17)15(20-2)13(9)18-14(10)16/h3-6,18H,7-8H2,1-2H3. The number of hydrogen-bond donors (Lipinski definition) is 1. The highest BCUT2D eigenvalue weighted by Crippen LogP contribution is 2.43. The summed E-state index contributed by atoms with van der Waals surface area (Å²) in [6.45, 7) is 1.59. The molecule has 1 aromatic heterocycles. The van der Waals surface area contributed by atoms with E-state index in [1.807, 2.05) is 12.1 Å². The third-order valence-electron chi connectivity index (χ3n) is 4.08. The van der Waals surface area contributed by atoms with Crippen LogP contribution < -0.4 is 14.4 Å². The average molecular weight is 303 g/mol. The summed E-state index contributed by atoms with van der Waals surface area (Å²) in [4.78, 5) is 5.63. The van der Waals surface area contributed by atoms with E-state index in [-0.39, 0.29) is 0 Å². The number of likely N-dealkylation sites (N-methyl/N-ethyl adjacent to an activating group) is 1. The fourth-order valence-corrected chi connectivity index (χ4v) is 3.24. The number of aromatic amines is 1. The summed E-state index contributed by atoms with van der Waals surface area (Å²) in [6.07, 6.45) is 0. The molecule has 2 aromatic carbocycles. The van der Waals surface area contributed by atoms with Gasteiger partial charge >= 0.3 is 0 Å². The van der Waals surface area contributed by atoms with Crippen LogP contribution in [0.25, 0.3) is 21.8 Å². The van der Waals surface area contributed by atoms with Gasteiger partial charge in [-0.1, -0.05) is 17.7 Å². The van der Waals surface area contributed by atoms with Crippen molar-refractivity contribution in [3.05, 3.63) is 29.3 Å². The Morgan fingerprint density at radius 3 is 2.76 bits per heavy atom. The van der Waals surface area contributed by atoms with E-state index in [4.69, 9.17) is 21.1 Å². The first-order chi connectivity index (χ1) is 10.2. The summed E-state index contributed by atoms with van der Waals surface area (Å²) in [6, 6.07) is 8.09. The van der Waals surface area contributed by atoms with E-state index in [0.717, 1.165) is 39.8 Å². The lowest BCUT2D eigenvalue weighted by molar-refractivity contribution is 0.314. The van der Waals surface area contributed by atoms with Crippen LogP contribution in [0.3, 0.4) is 0 Å². The summed E-state index contributed by atoms with van der Waals surface area (Å²) in [5.41, 5.74) is 3.00. The molecule has 0 bridgehead atoms. The summed E-state index contributed by atoms with van der Waals surface area (Å²) in [5, 5.41) is 2.81. The Morgan fingerprint density at radius 1 is 1.19 bits per heavy atom. The van der Waals surface area contributed by atoms with Gasteiger partial charge in [-0.2, -0.15) is 0 Å². The van der Waals surface area contributed by atoms with Gasteiger partial charge in [-0.05, 0) is 18.2 Å². The average Bonchev–Trinajstić information content (AvgIpc) is 2.86. The molecular weight excluding hydrogens is 288 g/mol. The first-order valence-corrected chi connectivity index (χ1v) is 7.23. The molecule has 1 N–H and O–H groups in total. The number of aromatic nitrogens is 1. The summed E-state index contributed by atoms with van der Waals surface area (Å²) < 4.78 is 11.3. The van der Waals surface area contributed by atoms with E-state index in [9.17, 15) is 0 Å². The van der Waals surface area contributed by atoms with Gasteiger partial charge in [-0.15, -0.1) is 0 Å². The Bertz CT molecular complexity index is 856. The van der Waals surface area contributed by atoms with Crippen LogP contribution in [0.4, 0.5) is 5.69 Å². The second-order valence-corrected chi connectivity index (χ2v) is 5.64. The number of rotatable bonds is 1.